The van der Waals surface area contributed by atoms with E-state index in [2.05, 4.69) is 28.4 Å². The minimum absolute atomic E-state index is 0. The van der Waals surface area contributed by atoms with Crippen LogP contribution in [0.15, 0.2) is 42.5 Å². The standard InChI is InChI=1S/C18H21FN2O.ClH/c19-17-6-1-3-14(11-17)12-21(9-10-22)13-16-5-2-4-15-7-8-20-18(15)16;/h1-6,11,20,22H,7-10,12-13H2;1H. The Morgan fingerprint density at radius 3 is 2.74 bits per heavy atom. The molecule has 2 aromatic carbocycles. The van der Waals surface area contributed by atoms with Crippen LogP contribution in [0.1, 0.15) is 16.7 Å². The molecule has 2 aromatic rings. The molecule has 0 unspecified atom stereocenters. The summed E-state index contributed by atoms with van der Waals surface area (Å²) >= 11 is 0. The van der Waals surface area contributed by atoms with E-state index in [0.717, 1.165) is 25.1 Å². The second-order valence-corrected chi connectivity index (χ2v) is 5.69. The fraction of sp³-hybridized carbons (Fsp3) is 0.333. The Morgan fingerprint density at radius 2 is 1.96 bits per heavy atom. The van der Waals surface area contributed by atoms with Gasteiger partial charge in [-0.25, -0.2) is 4.39 Å². The summed E-state index contributed by atoms with van der Waals surface area (Å²) in [7, 11) is 0. The van der Waals surface area contributed by atoms with Gasteiger partial charge in [0, 0.05) is 31.9 Å². The van der Waals surface area contributed by atoms with Crippen LogP contribution in [-0.4, -0.2) is 29.7 Å². The number of benzene rings is 2. The maximum Gasteiger partial charge on any atom is 0.123 e. The van der Waals surface area contributed by atoms with E-state index in [1.54, 1.807) is 12.1 Å². The van der Waals surface area contributed by atoms with Gasteiger partial charge in [-0.1, -0.05) is 30.3 Å². The number of aliphatic hydroxyl groups is 1. The van der Waals surface area contributed by atoms with Crippen LogP contribution in [0.25, 0.3) is 0 Å². The third-order valence-electron chi connectivity index (χ3n) is 4.04. The molecule has 0 atom stereocenters. The van der Waals surface area contributed by atoms with Crippen molar-refractivity contribution in [1.29, 1.82) is 0 Å². The predicted molar refractivity (Wildman–Crippen MR) is 93.5 cm³/mol. The lowest BCUT2D eigenvalue weighted by Gasteiger charge is -2.23. The van der Waals surface area contributed by atoms with Crippen LogP contribution in [0.2, 0.25) is 0 Å². The van der Waals surface area contributed by atoms with Gasteiger partial charge in [-0.3, -0.25) is 4.90 Å². The van der Waals surface area contributed by atoms with E-state index in [4.69, 9.17) is 0 Å². The maximum atomic E-state index is 13.3. The van der Waals surface area contributed by atoms with Crippen molar-refractivity contribution in [2.45, 2.75) is 19.5 Å². The molecule has 1 aliphatic rings. The summed E-state index contributed by atoms with van der Waals surface area (Å²) in [5, 5.41) is 12.7. The first kappa shape index (κ1) is 17.7. The Labute approximate surface area is 142 Å². The van der Waals surface area contributed by atoms with Crippen molar-refractivity contribution >= 4 is 18.1 Å². The summed E-state index contributed by atoms with van der Waals surface area (Å²) in [6.45, 7) is 3.02. The monoisotopic (exact) mass is 336 g/mol. The highest BCUT2D eigenvalue weighted by Gasteiger charge is 2.16. The Balaban J connectivity index is 0.00000192. The SMILES string of the molecule is Cl.OCCN(Cc1cccc(F)c1)Cc1cccc2c1NCC2. The molecule has 0 spiro atoms. The molecule has 3 nitrogen and oxygen atoms in total. The first-order valence-corrected chi connectivity index (χ1v) is 7.68. The molecule has 0 aromatic heterocycles. The Hall–Kier alpha value is -1.62. The van der Waals surface area contributed by atoms with E-state index >= 15 is 0 Å². The van der Waals surface area contributed by atoms with Gasteiger partial charge in [-0.05, 0) is 35.2 Å². The minimum atomic E-state index is -0.219. The Kier molecular flexibility index (Phi) is 6.39. The van der Waals surface area contributed by atoms with Crippen LogP contribution in [0.5, 0.6) is 0 Å². The van der Waals surface area contributed by atoms with Crippen LogP contribution < -0.4 is 5.32 Å². The van der Waals surface area contributed by atoms with Gasteiger partial charge in [0.1, 0.15) is 5.82 Å². The molecule has 5 heteroatoms. The van der Waals surface area contributed by atoms with E-state index < -0.39 is 0 Å². The van der Waals surface area contributed by atoms with Crippen molar-refractivity contribution in [2.24, 2.45) is 0 Å². The van der Waals surface area contributed by atoms with Crippen LogP contribution in [0.3, 0.4) is 0 Å². The molecule has 124 valence electrons. The third kappa shape index (κ3) is 4.44. The van der Waals surface area contributed by atoms with Gasteiger partial charge in [-0.2, -0.15) is 0 Å². The first-order valence-electron chi connectivity index (χ1n) is 7.68. The molecule has 1 heterocycles. The highest BCUT2D eigenvalue weighted by Crippen LogP contribution is 2.27. The average molecular weight is 337 g/mol. The number of halogens is 2. The number of nitrogens with one attached hydrogen (secondary N) is 1. The molecule has 0 aliphatic carbocycles. The van der Waals surface area contributed by atoms with Crippen molar-refractivity contribution in [3.63, 3.8) is 0 Å². The molecule has 23 heavy (non-hydrogen) atoms. The van der Waals surface area contributed by atoms with Crippen molar-refractivity contribution < 1.29 is 9.50 Å². The second kappa shape index (κ2) is 8.29. The van der Waals surface area contributed by atoms with Crippen molar-refractivity contribution in [3.8, 4) is 0 Å². The summed E-state index contributed by atoms with van der Waals surface area (Å²) in [6, 6.07) is 13.0. The van der Waals surface area contributed by atoms with Gasteiger partial charge in [0.15, 0.2) is 0 Å². The molecule has 0 saturated heterocycles. The molecule has 1 aliphatic heterocycles. The fourth-order valence-corrected chi connectivity index (χ4v) is 3.03. The molecule has 0 saturated carbocycles. The number of para-hydroxylation sites is 1. The summed E-state index contributed by atoms with van der Waals surface area (Å²) < 4.78 is 13.3. The summed E-state index contributed by atoms with van der Waals surface area (Å²) in [5.41, 5.74) is 4.74. The third-order valence-corrected chi connectivity index (χ3v) is 4.04. The van der Waals surface area contributed by atoms with Gasteiger partial charge in [0.05, 0.1) is 6.61 Å². The molecule has 0 radical (unpaired) electrons. The zero-order valence-electron chi connectivity index (χ0n) is 13.0. The van der Waals surface area contributed by atoms with Gasteiger partial charge >= 0.3 is 0 Å². The largest absolute Gasteiger partial charge is 0.395 e. The summed E-state index contributed by atoms with van der Waals surface area (Å²) in [4.78, 5) is 2.14. The zero-order valence-corrected chi connectivity index (χ0v) is 13.8. The number of rotatable bonds is 6. The number of hydrogen-bond acceptors (Lipinski definition) is 3. The lowest BCUT2D eigenvalue weighted by atomic mass is 10.1. The predicted octanol–water partition coefficient (Wildman–Crippen LogP) is 3.21. The van der Waals surface area contributed by atoms with E-state index in [1.165, 1.54) is 22.9 Å². The summed E-state index contributed by atoms with van der Waals surface area (Å²) in [6.07, 6.45) is 1.06. The van der Waals surface area contributed by atoms with Gasteiger partial charge in [0.25, 0.3) is 0 Å². The quantitative estimate of drug-likeness (QED) is 0.850. The minimum Gasteiger partial charge on any atom is -0.395 e. The van der Waals surface area contributed by atoms with Crippen molar-refractivity contribution in [2.75, 3.05) is 25.0 Å². The van der Waals surface area contributed by atoms with Crippen LogP contribution in [0.4, 0.5) is 10.1 Å². The first-order chi connectivity index (χ1) is 10.8. The maximum absolute atomic E-state index is 13.3. The molecule has 0 fully saturated rings. The van der Waals surface area contributed by atoms with Crippen LogP contribution in [0, 0.1) is 5.82 Å². The van der Waals surface area contributed by atoms with Gasteiger partial charge in [0.2, 0.25) is 0 Å². The lowest BCUT2D eigenvalue weighted by Crippen LogP contribution is -2.26. The Bertz CT molecular complexity index is 651. The number of aliphatic hydroxyl groups excluding tert-OH is 1. The fourth-order valence-electron chi connectivity index (χ4n) is 3.03. The molecular weight excluding hydrogens is 315 g/mol. The molecule has 3 rings (SSSR count). The van der Waals surface area contributed by atoms with Crippen molar-refractivity contribution in [1.82, 2.24) is 4.90 Å². The van der Waals surface area contributed by atoms with Crippen molar-refractivity contribution in [3.05, 3.63) is 65.0 Å². The number of fused-ring (bicyclic) bond motifs is 1. The normalized spacial score (nSPS) is 12.7. The van der Waals surface area contributed by atoms with Gasteiger partial charge in [-0.15, -0.1) is 12.4 Å². The second-order valence-electron chi connectivity index (χ2n) is 5.69. The van der Waals surface area contributed by atoms with E-state index in [-0.39, 0.29) is 24.8 Å². The zero-order chi connectivity index (χ0) is 15.4. The average Bonchev–Trinajstić information content (AvgIpc) is 2.97. The van der Waals surface area contributed by atoms with E-state index in [0.29, 0.717) is 13.1 Å². The smallest absolute Gasteiger partial charge is 0.123 e. The molecule has 0 bridgehead atoms. The Morgan fingerprint density at radius 1 is 1.13 bits per heavy atom. The number of anilines is 1. The topological polar surface area (TPSA) is 35.5 Å². The number of hydrogen-bond donors (Lipinski definition) is 2. The van der Waals surface area contributed by atoms with Crippen LogP contribution in [-0.2, 0) is 19.5 Å². The number of nitrogens with zero attached hydrogens (tertiary/aromatic N) is 1. The summed E-state index contributed by atoms with van der Waals surface area (Å²) in [5.74, 6) is -0.219. The highest BCUT2D eigenvalue weighted by atomic mass is 35.5. The lowest BCUT2D eigenvalue weighted by molar-refractivity contribution is 0.184. The van der Waals surface area contributed by atoms with Gasteiger partial charge < -0.3 is 10.4 Å². The molecule has 0 amide bonds. The van der Waals surface area contributed by atoms with Crippen LogP contribution >= 0.6 is 12.4 Å². The molecular formula is C18H22ClFN2O. The van der Waals surface area contributed by atoms with E-state index in [1.807, 2.05) is 6.07 Å². The highest BCUT2D eigenvalue weighted by molar-refractivity contribution is 5.85. The van der Waals surface area contributed by atoms with E-state index in [9.17, 15) is 9.50 Å². The molecule has 2 N–H and O–H groups in total.